The predicted octanol–water partition coefficient (Wildman–Crippen LogP) is 2.57. The molecule has 0 aromatic carbocycles. The molecule has 0 spiro atoms. The van der Waals surface area contributed by atoms with E-state index in [1.165, 1.54) is 0 Å². The molecule has 1 aromatic rings. The summed E-state index contributed by atoms with van der Waals surface area (Å²) in [7, 11) is 0. The Balaban J connectivity index is 2.49. The highest BCUT2D eigenvalue weighted by molar-refractivity contribution is 5.31. The van der Waals surface area contributed by atoms with Gasteiger partial charge in [-0.25, -0.2) is 0 Å². The lowest BCUT2D eigenvalue weighted by Gasteiger charge is -2.29. The summed E-state index contributed by atoms with van der Waals surface area (Å²) in [5.41, 5.74) is 0.275. The SMILES string of the molecule is CC(C)C(C)(C)CNc1cccnn1. The fourth-order valence-corrected chi connectivity index (χ4v) is 0.918. The summed E-state index contributed by atoms with van der Waals surface area (Å²) in [5, 5.41) is 11.1. The Morgan fingerprint density at radius 3 is 2.64 bits per heavy atom. The van der Waals surface area contributed by atoms with Gasteiger partial charge in [0.05, 0.1) is 0 Å². The van der Waals surface area contributed by atoms with Gasteiger partial charge in [-0.15, -0.1) is 5.10 Å². The zero-order valence-corrected chi connectivity index (χ0v) is 9.41. The van der Waals surface area contributed by atoms with Crippen LogP contribution in [0.4, 0.5) is 5.82 Å². The van der Waals surface area contributed by atoms with Crippen LogP contribution in [-0.2, 0) is 0 Å². The highest BCUT2D eigenvalue weighted by Crippen LogP contribution is 2.25. The van der Waals surface area contributed by atoms with Crippen molar-refractivity contribution in [1.82, 2.24) is 10.2 Å². The van der Waals surface area contributed by atoms with E-state index in [9.17, 15) is 0 Å². The van der Waals surface area contributed by atoms with Crippen LogP contribution in [0.25, 0.3) is 0 Å². The van der Waals surface area contributed by atoms with Crippen LogP contribution in [0.5, 0.6) is 0 Å². The molecule has 0 aliphatic carbocycles. The maximum Gasteiger partial charge on any atom is 0.148 e. The molecule has 0 aliphatic heterocycles. The monoisotopic (exact) mass is 193 g/mol. The van der Waals surface area contributed by atoms with E-state index in [1.807, 2.05) is 12.1 Å². The summed E-state index contributed by atoms with van der Waals surface area (Å²) in [6.45, 7) is 9.89. The molecule has 0 radical (unpaired) electrons. The minimum absolute atomic E-state index is 0.275. The van der Waals surface area contributed by atoms with Crippen LogP contribution in [-0.4, -0.2) is 16.7 Å². The molecule has 0 aliphatic rings. The largest absolute Gasteiger partial charge is 0.368 e. The molecule has 0 unspecified atom stereocenters. The molecule has 1 N–H and O–H groups in total. The van der Waals surface area contributed by atoms with Gasteiger partial charge in [0.2, 0.25) is 0 Å². The van der Waals surface area contributed by atoms with Crippen LogP contribution < -0.4 is 5.32 Å². The van der Waals surface area contributed by atoms with E-state index in [0.29, 0.717) is 5.92 Å². The van der Waals surface area contributed by atoms with E-state index in [4.69, 9.17) is 0 Å². The summed E-state index contributed by atoms with van der Waals surface area (Å²) in [6, 6.07) is 3.82. The maximum atomic E-state index is 3.98. The first kappa shape index (κ1) is 11.0. The first-order valence-electron chi connectivity index (χ1n) is 5.04. The topological polar surface area (TPSA) is 37.8 Å². The number of rotatable bonds is 4. The van der Waals surface area contributed by atoms with Gasteiger partial charge >= 0.3 is 0 Å². The van der Waals surface area contributed by atoms with Gasteiger partial charge in [-0.3, -0.25) is 0 Å². The first-order valence-corrected chi connectivity index (χ1v) is 5.04. The van der Waals surface area contributed by atoms with Gasteiger partial charge in [0, 0.05) is 12.7 Å². The predicted molar refractivity (Wildman–Crippen MR) is 59.1 cm³/mol. The lowest BCUT2D eigenvalue weighted by Crippen LogP contribution is -2.28. The highest BCUT2D eigenvalue weighted by Gasteiger charge is 2.21. The van der Waals surface area contributed by atoms with Crippen LogP contribution in [0.1, 0.15) is 27.7 Å². The number of aromatic nitrogens is 2. The zero-order chi connectivity index (χ0) is 10.6. The van der Waals surface area contributed by atoms with E-state index < -0.39 is 0 Å². The molecule has 3 nitrogen and oxygen atoms in total. The normalized spacial score (nSPS) is 11.8. The average molecular weight is 193 g/mol. The zero-order valence-electron chi connectivity index (χ0n) is 9.41. The summed E-state index contributed by atoms with van der Waals surface area (Å²) < 4.78 is 0. The second-order valence-electron chi connectivity index (χ2n) is 4.61. The molecular formula is C11H19N3. The molecule has 0 saturated heterocycles. The second-order valence-corrected chi connectivity index (χ2v) is 4.61. The Hall–Kier alpha value is -1.12. The minimum atomic E-state index is 0.275. The molecule has 1 heterocycles. The molecule has 0 saturated carbocycles. The molecule has 0 amide bonds. The van der Waals surface area contributed by atoms with Gasteiger partial charge in [0.15, 0.2) is 0 Å². The summed E-state index contributed by atoms with van der Waals surface area (Å²) in [6.07, 6.45) is 1.68. The maximum absolute atomic E-state index is 3.98. The van der Waals surface area contributed by atoms with Gasteiger partial charge in [-0.05, 0) is 23.5 Å². The molecule has 78 valence electrons. The van der Waals surface area contributed by atoms with Crippen molar-refractivity contribution in [3.05, 3.63) is 18.3 Å². The smallest absolute Gasteiger partial charge is 0.148 e. The first-order chi connectivity index (χ1) is 6.52. The third kappa shape index (κ3) is 2.98. The lowest BCUT2D eigenvalue weighted by molar-refractivity contribution is 0.269. The minimum Gasteiger partial charge on any atom is -0.368 e. The van der Waals surface area contributed by atoms with Gasteiger partial charge in [0.25, 0.3) is 0 Å². The Morgan fingerprint density at radius 1 is 1.43 bits per heavy atom. The number of anilines is 1. The number of nitrogens with one attached hydrogen (secondary N) is 1. The average Bonchev–Trinajstić information content (AvgIpc) is 2.16. The van der Waals surface area contributed by atoms with Crippen LogP contribution in [0.3, 0.4) is 0 Å². The van der Waals surface area contributed by atoms with Crippen LogP contribution in [0.15, 0.2) is 18.3 Å². The molecule has 0 fully saturated rings. The lowest BCUT2D eigenvalue weighted by atomic mass is 9.81. The summed E-state index contributed by atoms with van der Waals surface area (Å²) >= 11 is 0. The second kappa shape index (κ2) is 4.40. The van der Waals surface area contributed by atoms with Crippen molar-refractivity contribution in [2.24, 2.45) is 11.3 Å². The standard InChI is InChI=1S/C11H19N3/c1-9(2)11(3,4)8-12-10-6-5-7-13-14-10/h5-7,9H,8H2,1-4H3,(H,12,14). The number of hydrogen-bond donors (Lipinski definition) is 1. The van der Waals surface area contributed by atoms with Crippen molar-refractivity contribution in [3.8, 4) is 0 Å². The van der Waals surface area contributed by atoms with E-state index in [2.05, 4.69) is 43.2 Å². The third-order valence-electron chi connectivity index (χ3n) is 2.86. The van der Waals surface area contributed by atoms with Crippen molar-refractivity contribution < 1.29 is 0 Å². The van der Waals surface area contributed by atoms with Crippen LogP contribution in [0, 0.1) is 11.3 Å². The molecule has 1 aromatic heterocycles. The summed E-state index contributed by atoms with van der Waals surface area (Å²) in [4.78, 5) is 0. The molecule has 14 heavy (non-hydrogen) atoms. The molecule has 1 rings (SSSR count). The van der Waals surface area contributed by atoms with Gasteiger partial charge in [-0.1, -0.05) is 27.7 Å². The van der Waals surface area contributed by atoms with Gasteiger partial charge in [0.1, 0.15) is 5.82 Å². The van der Waals surface area contributed by atoms with E-state index in [0.717, 1.165) is 12.4 Å². The van der Waals surface area contributed by atoms with Crippen molar-refractivity contribution in [2.75, 3.05) is 11.9 Å². The Bertz CT molecular complexity index is 267. The number of hydrogen-bond acceptors (Lipinski definition) is 3. The van der Waals surface area contributed by atoms with Crippen molar-refractivity contribution in [2.45, 2.75) is 27.7 Å². The van der Waals surface area contributed by atoms with Crippen molar-refractivity contribution in [1.29, 1.82) is 0 Å². The Morgan fingerprint density at radius 2 is 2.14 bits per heavy atom. The summed E-state index contributed by atoms with van der Waals surface area (Å²) in [5.74, 6) is 1.49. The molecule has 0 bridgehead atoms. The van der Waals surface area contributed by atoms with E-state index >= 15 is 0 Å². The fraction of sp³-hybridized carbons (Fsp3) is 0.636. The Labute approximate surface area is 85.9 Å². The molecular weight excluding hydrogens is 174 g/mol. The van der Waals surface area contributed by atoms with Gasteiger partial charge < -0.3 is 5.32 Å². The van der Waals surface area contributed by atoms with E-state index in [1.54, 1.807) is 6.20 Å². The molecule has 0 atom stereocenters. The van der Waals surface area contributed by atoms with Gasteiger partial charge in [-0.2, -0.15) is 5.10 Å². The van der Waals surface area contributed by atoms with Crippen molar-refractivity contribution in [3.63, 3.8) is 0 Å². The fourth-order valence-electron chi connectivity index (χ4n) is 0.918. The van der Waals surface area contributed by atoms with Crippen molar-refractivity contribution >= 4 is 5.82 Å². The third-order valence-corrected chi connectivity index (χ3v) is 2.86. The quantitative estimate of drug-likeness (QED) is 0.798. The number of nitrogens with zero attached hydrogens (tertiary/aromatic N) is 2. The van der Waals surface area contributed by atoms with Crippen LogP contribution >= 0.6 is 0 Å². The van der Waals surface area contributed by atoms with Crippen LogP contribution in [0.2, 0.25) is 0 Å². The molecule has 3 heteroatoms. The highest BCUT2D eigenvalue weighted by atomic mass is 15.2. The van der Waals surface area contributed by atoms with E-state index in [-0.39, 0.29) is 5.41 Å². The Kier molecular flexibility index (Phi) is 3.44.